The van der Waals surface area contributed by atoms with E-state index in [4.69, 9.17) is 16.3 Å². The highest BCUT2D eigenvalue weighted by Crippen LogP contribution is 2.25. The molecule has 0 amide bonds. The quantitative estimate of drug-likeness (QED) is 0.482. The maximum atomic E-state index is 14.0. The summed E-state index contributed by atoms with van der Waals surface area (Å²) in [6.07, 6.45) is 0. The monoisotopic (exact) mass is 392 g/mol. The predicted octanol–water partition coefficient (Wildman–Crippen LogP) is 4.40. The van der Waals surface area contributed by atoms with Crippen LogP contribution in [0.3, 0.4) is 0 Å². The number of aryl methyl sites for hydroxylation is 1. The third-order valence-electron chi connectivity index (χ3n) is 3.96. The summed E-state index contributed by atoms with van der Waals surface area (Å²) in [5.41, 5.74) is 1.91. The topological polar surface area (TPSA) is 31.1 Å². The van der Waals surface area contributed by atoms with Gasteiger partial charge in [-0.3, -0.25) is 0 Å². The van der Waals surface area contributed by atoms with Crippen molar-refractivity contribution in [2.24, 2.45) is 7.05 Å². The molecule has 0 aliphatic carbocycles. The molecule has 0 saturated carbocycles. The molecular weight excluding hydrogens is 380 g/mol. The molecule has 2 aromatic carbocycles. The van der Waals surface area contributed by atoms with Crippen LogP contribution in [0.5, 0.6) is 6.01 Å². The Labute approximate surface area is 156 Å². The van der Waals surface area contributed by atoms with Gasteiger partial charge in [0.25, 0.3) is 0 Å². The summed E-state index contributed by atoms with van der Waals surface area (Å²) >= 11 is 7.53. The Morgan fingerprint density at radius 1 is 1.19 bits per heavy atom. The smallest absolute Gasteiger partial charge is 0.433 e. The van der Waals surface area contributed by atoms with E-state index in [2.05, 4.69) is 5.10 Å². The van der Waals surface area contributed by atoms with Gasteiger partial charge in [0, 0.05) is 16.5 Å². The number of hydrogen-bond donors (Lipinski definition) is 0. The molecule has 4 rings (SSSR count). The van der Waals surface area contributed by atoms with Crippen LogP contribution < -0.4 is 9.14 Å². The fourth-order valence-electron chi connectivity index (χ4n) is 2.66. The van der Waals surface area contributed by atoms with E-state index in [9.17, 15) is 8.78 Å². The first-order chi connectivity index (χ1) is 12.5. The van der Waals surface area contributed by atoms with Crippen LogP contribution in [0.4, 0.5) is 8.78 Å². The number of nitrogens with zero attached hydrogens (tertiary/aromatic N) is 3. The van der Waals surface area contributed by atoms with Crippen molar-refractivity contribution in [3.8, 4) is 17.3 Å². The first-order valence-corrected chi connectivity index (χ1v) is 8.98. The minimum Gasteiger partial charge on any atom is -0.433 e. The lowest BCUT2D eigenvalue weighted by atomic mass is 10.2. The Hall–Kier alpha value is -2.51. The summed E-state index contributed by atoms with van der Waals surface area (Å²) in [4.78, 5) is 0.832. The van der Waals surface area contributed by atoms with Crippen molar-refractivity contribution in [1.82, 2.24) is 9.78 Å². The van der Waals surface area contributed by atoms with Crippen LogP contribution in [-0.4, -0.2) is 9.78 Å². The second-order valence-corrected chi connectivity index (χ2v) is 6.88. The number of aromatic nitrogens is 3. The maximum Gasteiger partial charge on any atom is 0.474 e. The van der Waals surface area contributed by atoms with Gasteiger partial charge in [-0.15, -0.1) is 4.40 Å². The Kier molecular flexibility index (Phi) is 4.34. The van der Waals surface area contributed by atoms with Crippen LogP contribution in [-0.2, 0) is 13.7 Å². The zero-order chi connectivity index (χ0) is 18.3. The van der Waals surface area contributed by atoms with Gasteiger partial charge >= 0.3 is 11.0 Å². The molecule has 26 heavy (non-hydrogen) atoms. The van der Waals surface area contributed by atoms with E-state index >= 15 is 0 Å². The fraction of sp³-hybridized carbons (Fsp3) is 0.111. The zero-order valence-electron chi connectivity index (χ0n) is 13.6. The van der Waals surface area contributed by atoms with Crippen LogP contribution >= 0.6 is 22.9 Å². The SMILES string of the molecule is Cn1nc(OCc2c(F)cccc2Cl)[n+]2c(-c3ccc(F)cc3)csc12. The molecule has 2 heterocycles. The summed E-state index contributed by atoms with van der Waals surface area (Å²) in [6, 6.07) is 11.0. The van der Waals surface area contributed by atoms with Gasteiger partial charge in [0.1, 0.15) is 23.9 Å². The molecule has 0 atom stereocenters. The zero-order valence-corrected chi connectivity index (χ0v) is 15.2. The number of fused-ring (bicyclic) bond motifs is 1. The lowest BCUT2D eigenvalue weighted by Gasteiger charge is -2.05. The van der Waals surface area contributed by atoms with E-state index in [1.807, 2.05) is 9.78 Å². The van der Waals surface area contributed by atoms with Crippen LogP contribution in [0.1, 0.15) is 5.56 Å². The summed E-state index contributed by atoms with van der Waals surface area (Å²) in [6.45, 7) is -0.0523. The van der Waals surface area contributed by atoms with Gasteiger partial charge in [0.15, 0.2) is 0 Å². The number of benzene rings is 2. The first-order valence-electron chi connectivity index (χ1n) is 7.72. The Balaban J connectivity index is 1.74. The largest absolute Gasteiger partial charge is 0.474 e. The summed E-state index contributed by atoms with van der Waals surface area (Å²) in [5.74, 6) is -0.735. The van der Waals surface area contributed by atoms with Crippen molar-refractivity contribution in [2.75, 3.05) is 0 Å². The maximum absolute atomic E-state index is 14.0. The molecule has 0 radical (unpaired) electrons. The average molecular weight is 393 g/mol. The summed E-state index contributed by atoms with van der Waals surface area (Å²) in [7, 11) is 1.79. The average Bonchev–Trinajstić information content (AvgIpc) is 3.17. The van der Waals surface area contributed by atoms with Crippen molar-refractivity contribution < 1.29 is 17.9 Å². The molecule has 0 unspecified atom stereocenters. The fourth-order valence-corrected chi connectivity index (χ4v) is 3.81. The molecule has 0 N–H and O–H groups in total. The Morgan fingerprint density at radius 2 is 1.96 bits per heavy atom. The highest BCUT2D eigenvalue weighted by atomic mass is 35.5. The third kappa shape index (κ3) is 2.93. The lowest BCUT2D eigenvalue weighted by Crippen LogP contribution is -2.23. The Bertz CT molecular complexity index is 1070. The second-order valence-electron chi connectivity index (χ2n) is 5.64. The highest BCUT2D eigenvalue weighted by molar-refractivity contribution is 7.14. The van der Waals surface area contributed by atoms with Gasteiger partial charge in [-0.25, -0.2) is 8.78 Å². The molecule has 8 heteroatoms. The molecule has 0 fully saturated rings. The third-order valence-corrected chi connectivity index (χ3v) is 5.31. The van der Waals surface area contributed by atoms with Gasteiger partial charge < -0.3 is 4.74 Å². The molecule has 0 spiro atoms. The molecular formula is C18H13ClF2N3OS+. The first kappa shape index (κ1) is 16.9. The standard InChI is InChI=1S/C18H13ClF2N3OS/c1-23-18-24(16(10-26-18)11-5-7-12(20)8-6-11)17(22-23)25-9-13-14(19)3-2-4-15(13)21/h2-8,10H,9H2,1H3/q+1. The van der Waals surface area contributed by atoms with Gasteiger partial charge in [-0.05, 0) is 36.4 Å². The number of rotatable bonds is 4. The molecule has 0 saturated heterocycles. The van der Waals surface area contributed by atoms with E-state index in [1.54, 1.807) is 36.0 Å². The van der Waals surface area contributed by atoms with Crippen LogP contribution in [0.15, 0.2) is 47.8 Å². The van der Waals surface area contributed by atoms with Crippen molar-refractivity contribution in [3.63, 3.8) is 0 Å². The van der Waals surface area contributed by atoms with Crippen molar-refractivity contribution in [3.05, 3.63) is 70.1 Å². The second kappa shape index (κ2) is 6.66. The van der Waals surface area contributed by atoms with Crippen LogP contribution in [0, 0.1) is 11.6 Å². The van der Waals surface area contributed by atoms with Crippen molar-refractivity contribution in [1.29, 1.82) is 0 Å². The molecule has 4 aromatic rings. The normalized spacial score (nSPS) is 11.2. The predicted molar refractivity (Wildman–Crippen MR) is 95.4 cm³/mol. The Morgan fingerprint density at radius 3 is 2.69 bits per heavy atom. The number of hydrogen-bond acceptors (Lipinski definition) is 3. The van der Waals surface area contributed by atoms with E-state index in [0.29, 0.717) is 11.0 Å². The van der Waals surface area contributed by atoms with Crippen LogP contribution in [0.2, 0.25) is 5.02 Å². The summed E-state index contributed by atoms with van der Waals surface area (Å²) < 4.78 is 36.4. The van der Waals surface area contributed by atoms with E-state index in [1.165, 1.54) is 29.5 Å². The minimum absolute atomic E-state index is 0.0523. The molecule has 4 nitrogen and oxygen atoms in total. The van der Waals surface area contributed by atoms with Gasteiger partial charge in [0.05, 0.1) is 17.2 Å². The van der Waals surface area contributed by atoms with E-state index in [0.717, 1.165) is 16.2 Å². The van der Waals surface area contributed by atoms with Crippen molar-refractivity contribution >= 4 is 27.9 Å². The molecule has 0 bridgehead atoms. The molecule has 132 valence electrons. The number of thiazole rings is 1. The summed E-state index contributed by atoms with van der Waals surface area (Å²) in [5, 5.41) is 6.59. The lowest BCUT2D eigenvalue weighted by molar-refractivity contribution is -0.507. The van der Waals surface area contributed by atoms with Gasteiger partial charge in [-0.1, -0.05) is 33.7 Å². The molecule has 2 aromatic heterocycles. The van der Waals surface area contributed by atoms with Gasteiger partial charge in [-0.2, -0.15) is 0 Å². The van der Waals surface area contributed by atoms with Gasteiger partial charge in [0.2, 0.25) is 0 Å². The molecule has 0 aliphatic heterocycles. The minimum atomic E-state index is -0.432. The number of ether oxygens (including phenoxy) is 1. The highest BCUT2D eigenvalue weighted by Gasteiger charge is 2.25. The van der Waals surface area contributed by atoms with Crippen LogP contribution in [0.25, 0.3) is 16.2 Å². The van der Waals surface area contributed by atoms with E-state index in [-0.39, 0.29) is 18.0 Å². The number of halogens is 3. The van der Waals surface area contributed by atoms with Crippen molar-refractivity contribution in [2.45, 2.75) is 6.61 Å². The van der Waals surface area contributed by atoms with E-state index < -0.39 is 5.82 Å². The molecule has 0 aliphatic rings.